The highest BCUT2D eigenvalue weighted by Gasteiger charge is 2.39. The van der Waals surface area contributed by atoms with Gasteiger partial charge < -0.3 is 0 Å². The first-order valence-electron chi connectivity index (χ1n) is 7.87. The zero-order chi connectivity index (χ0) is 17.5. The van der Waals surface area contributed by atoms with E-state index in [4.69, 9.17) is 0 Å². The first-order chi connectivity index (χ1) is 11.3. The summed E-state index contributed by atoms with van der Waals surface area (Å²) in [5, 5.41) is -0.213. The third-order valence-corrected chi connectivity index (χ3v) is 7.42. The molecule has 1 aromatic carbocycles. The van der Waals surface area contributed by atoms with Crippen molar-refractivity contribution in [2.24, 2.45) is 0 Å². The van der Waals surface area contributed by atoms with Crippen LogP contribution in [0, 0.1) is 13.8 Å². The van der Waals surface area contributed by atoms with Crippen molar-refractivity contribution in [1.29, 1.82) is 0 Å². The molecule has 0 N–H and O–H groups in total. The van der Waals surface area contributed by atoms with Crippen LogP contribution in [-0.2, 0) is 14.8 Å². The van der Waals surface area contributed by atoms with Gasteiger partial charge in [-0.3, -0.25) is 14.5 Å². The second-order valence-corrected chi connectivity index (χ2v) is 9.06. The highest BCUT2D eigenvalue weighted by Crippen LogP contribution is 2.29. The van der Waals surface area contributed by atoms with E-state index in [0.717, 1.165) is 22.9 Å². The summed E-state index contributed by atoms with van der Waals surface area (Å²) in [6.07, 6.45) is 0.976. The van der Waals surface area contributed by atoms with Gasteiger partial charge in [-0.15, -0.1) is 0 Å². The van der Waals surface area contributed by atoms with E-state index in [0.29, 0.717) is 30.8 Å². The molecule has 8 heteroatoms. The van der Waals surface area contributed by atoms with Crippen molar-refractivity contribution in [3.63, 3.8) is 0 Å². The fourth-order valence-electron chi connectivity index (χ4n) is 3.08. The van der Waals surface area contributed by atoms with Gasteiger partial charge in [0, 0.05) is 19.1 Å². The number of benzene rings is 1. The number of sulfonamides is 1. The summed E-state index contributed by atoms with van der Waals surface area (Å²) in [5.41, 5.74) is 1.99. The highest BCUT2D eigenvalue weighted by atomic mass is 32.2. The molecule has 0 saturated carbocycles. The number of amides is 2. The normalized spacial score (nSPS) is 20.8. The van der Waals surface area contributed by atoms with Crippen LogP contribution in [0.15, 0.2) is 23.1 Å². The Balaban J connectivity index is 1.72. The molecule has 0 unspecified atom stereocenters. The van der Waals surface area contributed by atoms with Crippen LogP contribution >= 0.6 is 11.8 Å². The molecule has 0 bridgehead atoms. The van der Waals surface area contributed by atoms with Crippen molar-refractivity contribution >= 4 is 32.9 Å². The number of carbonyl (C=O) groups excluding carboxylic acids is 2. The Bertz CT molecular complexity index is 767. The molecule has 2 aliphatic rings. The summed E-state index contributed by atoms with van der Waals surface area (Å²) < 4.78 is 27.0. The van der Waals surface area contributed by atoms with Gasteiger partial charge in [0.1, 0.15) is 0 Å². The van der Waals surface area contributed by atoms with Gasteiger partial charge in [-0.25, -0.2) is 8.42 Å². The summed E-state index contributed by atoms with van der Waals surface area (Å²) in [7, 11) is -3.54. The second-order valence-electron chi connectivity index (χ2n) is 6.20. The van der Waals surface area contributed by atoms with E-state index < -0.39 is 10.0 Å². The lowest BCUT2D eigenvalue weighted by molar-refractivity contribution is -0.126. The number of imide groups is 1. The van der Waals surface area contributed by atoms with Gasteiger partial charge in [0.15, 0.2) is 0 Å². The smallest absolute Gasteiger partial charge is 0.273 e. The minimum Gasteiger partial charge on any atom is -0.273 e. The quantitative estimate of drug-likeness (QED) is 0.817. The number of thioether (sulfide) groups is 1. The van der Waals surface area contributed by atoms with E-state index in [9.17, 15) is 18.0 Å². The summed E-state index contributed by atoms with van der Waals surface area (Å²) in [6, 6.07) is 4.95. The fraction of sp³-hybridized carbons (Fsp3) is 0.500. The molecule has 2 fully saturated rings. The van der Waals surface area contributed by atoms with Crippen molar-refractivity contribution in [3.05, 3.63) is 29.3 Å². The molecule has 130 valence electrons. The minimum absolute atomic E-state index is 0.166. The van der Waals surface area contributed by atoms with Gasteiger partial charge in [-0.2, -0.15) is 4.31 Å². The van der Waals surface area contributed by atoms with Gasteiger partial charge in [-0.05, 0) is 49.9 Å². The van der Waals surface area contributed by atoms with Crippen LogP contribution in [0.3, 0.4) is 0 Å². The molecule has 0 radical (unpaired) electrons. The maximum atomic E-state index is 12.8. The topological polar surface area (TPSA) is 74.8 Å². The zero-order valence-electron chi connectivity index (χ0n) is 13.7. The van der Waals surface area contributed by atoms with Gasteiger partial charge in [0.05, 0.1) is 10.6 Å². The molecule has 24 heavy (non-hydrogen) atoms. The molecular weight excluding hydrogens is 348 g/mol. The monoisotopic (exact) mass is 368 g/mol. The number of nitrogens with zero attached hydrogens (tertiary/aromatic N) is 2. The molecule has 3 rings (SSSR count). The van der Waals surface area contributed by atoms with Gasteiger partial charge >= 0.3 is 0 Å². The van der Waals surface area contributed by atoms with E-state index in [2.05, 4.69) is 0 Å². The Labute approximate surface area is 146 Å². The second kappa shape index (κ2) is 6.50. The molecule has 2 amide bonds. The number of hydrogen-bond acceptors (Lipinski definition) is 5. The lowest BCUT2D eigenvalue weighted by Gasteiger charge is -2.34. The maximum Gasteiger partial charge on any atom is 0.289 e. The Hall–Kier alpha value is -1.38. The van der Waals surface area contributed by atoms with Crippen molar-refractivity contribution in [2.75, 3.05) is 18.8 Å². The molecule has 0 spiro atoms. The molecule has 2 aliphatic heterocycles. The number of rotatable bonds is 3. The predicted octanol–water partition coefficient (Wildman–Crippen LogP) is 2.15. The Morgan fingerprint density at radius 1 is 1.08 bits per heavy atom. The van der Waals surface area contributed by atoms with E-state index in [-0.39, 0.29) is 22.9 Å². The van der Waals surface area contributed by atoms with Crippen LogP contribution in [0.4, 0.5) is 4.79 Å². The Morgan fingerprint density at radius 3 is 2.29 bits per heavy atom. The van der Waals surface area contributed by atoms with Crippen LogP contribution in [0.1, 0.15) is 24.0 Å². The van der Waals surface area contributed by atoms with Gasteiger partial charge in [0.25, 0.3) is 5.24 Å². The van der Waals surface area contributed by atoms with E-state index >= 15 is 0 Å². The fourth-order valence-corrected chi connectivity index (χ4v) is 5.41. The SMILES string of the molecule is Cc1ccc(S(=O)(=O)N2CCC(N3C(=O)CSC3=O)CC2)cc1C. The minimum atomic E-state index is -3.54. The van der Waals surface area contributed by atoms with Crippen molar-refractivity contribution in [3.8, 4) is 0 Å². The van der Waals surface area contributed by atoms with Crippen molar-refractivity contribution in [2.45, 2.75) is 37.6 Å². The van der Waals surface area contributed by atoms with Crippen LogP contribution in [0.2, 0.25) is 0 Å². The highest BCUT2D eigenvalue weighted by molar-refractivity contribution is 8.14. The van der Waals surface area contributed by atoms with Gasteiger partial charge in [-0.1, -0.05) is 17.8 Å². The molecule has 2 saturated heterocycles. The molecule has 0 atom stereocenters. The lowest BCUT2D eigenvalue weighted by Crippen LogP contribution is -2.48. The summed E-state index contributed by atoms with van der Waals surface area (Å²) in [5.74, 6) is 0.0282. The van der Waals surface area contributed by atoms with Crippen LogP contribution < -0.4 is 0 Å². The van der Waals surface area contributed by atoms with E-state index in [1.807, 2.05) is 19.9 Å². The summed E-state index contributed by atoms with van der Waals surface area (Å²) in [4.78, 5) is 25.2. The van der Waals surface area contributed by atoms with Crippen LogP contribution in [0.5, 0.6) is 0 Å². The molecule has 0 aromatic heterocycles. The number of piperidine rings is 1. The number of hydrogen-bond donors (Lipinski definition) is 0. The van der Waals surface area contributed by atoms with Crippen LogP contribution in [0.25, 0.3) is 0 Å². The maximum absolute atomic E-state index is 12.8. The largest absolute Gasteiger partial charge is 0.289 e. The van der Waals surface area contributed by atoms with Crippen molar-refractivity contribution in [1.82, 2.24) is 9.21 Å². The van der Waals surface area contributed by atoms with E-state index in [1.165, 1.54) is 9.21 Å². The average Bonchev–Trinajstić information content (AvgIpc) is 2.89. The predicted molar refractivity (Wildman–Crippen MR) is 92.4 cm³/mol. The summed E-state index contributed by atoms with van der Waals surface area (Å²) in [6.45, 7) is 4.48. The molecule has 2 heterocycles. The van der Waals surface area contributed by atoms with E-state index in [1.54, 1.807) is 12.1 Å². The number of aryl methyl sites for hydroxylation is 2. The van der Waals surface area contributed by atoms with Gasteiger partial charge in [0.2, 0.25) is 15.9 Å². The third kappa shape index (κ3) is 3.10. The third-order valence-electron chi connectivity index (χ3n) is 4.69. The average molecular weight is 368 g/mol. The summed E-state index contributed by atoms with van der Waals surface area (Å²) >= 11 is 1.02. The van der Waals surface area contributed by atoms with Crippen LogP contribution in [-0.4, -0.2) is 53.7 Å². The first kappa shape index (κ1) is 17.4. The first-order valence-corrected chi connectivity index (χ1v) is 10.3. The Morgan fingerprint density at radius 2 is 1.75 bits per heavy atom. The number of carbonyl (C=O) groups is 2. The molecule has 0 aliphatic carbocycles. The molecule has 1 aromatic rings. The Kier molecular flexibility index (Phi) is 4.72. The van der Waals surface area contributed by atoms with Crippen molar-refractivity contribution < 1.29 is 18.0 Å². The molecular formula is C16H20N2O4S2. The lowest BCUT2D eigenvalue weighted by atomic mass is 10.1. The zero-order valence-corrected chi connectivity index (χ0v) is 15.3. The standard InChI is InChI=1S/C16H20N2O4S2/c1-11-3-4-14(9-12(11)2)24(21,22)17-7-5-13(6-8-17)18-15(19)10-23-16(18)20/h3-4,9,13H,5-8,10H2,1-2H3. The molecule has 6 nitrogen and oxygen atoms in total.